The number of nitrogens with zero attached hydrogens (tertiary/aromatic N) is 2. The standard InChI is InChI=1S/C27H22N2O4S2/c1-17-23(26(31)33-16-18-9-4-3-5-10-18)24(21-13-8-14-34-21)29-25(30)22(35-27(29)28-17)15-19-11-6-7-12-20(19)32-2/h3-15,24H,16H2,1-2H3/b22-15-/t24-/m1/s1. The molecule has 0 unspecified atom stereocenters. The summed E-state index contributed by atoms with van der Waals surface area (Å²) in [7, 11) is 1.60. The Morgan fingerprint density at radius 2 is 1.86 bits per heavy atom. The molecule has 0 amide bonds. The second kappa shape index (κ2) is 9.85. The maximum Gasteiger partial charge on any atom is 0.338 e. The number of hydrogen-bond donors (Lipinski definition) is 0. The van der Waals surface area contributed by atoms with Gasteiger partial charge in [-0.2, -0.15) is 0 Å². The quantitative estimate of drug-likeness (QED) is 0.373. The van der Waals surface area contributed by atoms with Crippen LogP contribution in [0.4, 0.5) is 0 Å². The van der Waals surface area contributed by atoms with Gasteiger partial charge in [0, 0.05) is 10.4 Å². The molecular formula is C27H22N2O4S2. The first-order chi connectivity index (χ1) is 17.1. The summed E-state index contributed by atoms with van der Waals surface area (Å²) in [4.78, 5) is 33.0. The fraction of sp³-hybridized carbons (Fsp3) is 0.148. The second-order valence-corrected chi connectivity index (χ2v) is 9.89. The van der Waals surface area contributed by atoms with Crippen molar-refractivity contribution in [3.63, 3.8) is 0 Å². The first kappa shape index (κ1) is 23.0. The van der Waals surface area contributed by atoms with E-state index in [0.29, 0.717) is 26.4 Å². The Labute approximate surface area is 209 Å². The molecule has 8 heteroatoms. The van der Waals surface area contributed by atoms with Gasteiger partial charge in [-0.15, -0.1) is 11.3 Å². The van der Waals surface area contributed by atoms with Gasteiger partial charge in [0.15, 0.2) is 4.80 Å². The number of ether oxygens (including phenoxy) is 2. The van der Waals surface area contributed by atoms with Gasteiger partial charge in [0.2, 0.25) is 0 Å². The predicted octanol–water partition coefficient (Wildman–Crippen LogP) is 4.05. The van der Waals surface area contributed by atoms with Crippen molar-refractivity contribution in [2.45, 2.75) is 19.6 Å². The third-order valence-electron chi connectivity index (χ3n) is 5.69. The van der Waals surface area contributed by atoms with Crippen LogP contribution in [-0.4, -0.2) is 17.6 Å². The number of rotatable bonds is 6. The highest BCUT2D eigenvalue weighted by Gasteiger charge is 2.34. The van der Waals surface area contributed by atoms with Crippen LogP contribution in [0.25, 0.3) is 6.08 Å². The van der Waals surface area contributed by atoms with E-state index in [1.807, 2.05) is 72.1 Å². The molecule has 1 atom stereocenters. The number of thiazole rings is 1. The number of methoxy groups -OCH3 is 1. The number of benzene rings is 2. The lowest BCUT2D eigenvalue weighted by atomic mass is 10.0. The number of allylic oxidation sites excluding steroid dienone is 1. The molecule has 176 valence electrons. The molecule has 1 aliphatic heterocycles. The molecule has 0 aliphatic carbocycles. The van der Waals surface area contributed by atoms with Gasteiger partial charge in [0.1, 0.15) is 18.4 Å². The van der Waals surface area contributed by atoms with Crippen LogP contribution in [0.15, 0.2) is 93.2 Å². The topological polar surface area (TPSA) is 69.9 Å². The van der Waals surface area contributed by atoms with E-state index in [9.17, 15) is 9.59 Å². The molecule has 0 bridgehead atoms. The summed E-state index contributed by atoms with van der Waals surface area (Å²) < 4.78 is 13.2. The van der Waals surface area contributed by atoms with Crippen molar-refractivity contribution in [3.8, 4) is 5.75 Å². The highest BCUT2D eigenvalue weighted by molar-refractivity contribution is 7.10. The molecule has 1 aliphatic rings. The van der Waals surface area contributed by atoms with Gasteiger partial charge in [0.05, 0.1) is 22.9 Å². The molecule has 6 nitrogen and oxygen atoms in total. The monoisotopic (exact) mass is 502 g/mol. The van der Waals surface area contributed by atoms with Gasteiger partial charge in [-0.05, 0) is 36.1 Å². The van der Waals surface area contributed by atoms with Crippen LogP contribution in [0.2, 0.25) is 0 Å². The summed E-state index contributed by atoms with van der Waals surface area (Å²) in [5.74, 6) is 0.196. The summed E-state index contributed by atoms with van der Waals surface area (Å²) in [5.41, 5.74) is 2.40. The normalized spacial score (nSPS) is 15.5. The van der Waals surface area contributed by atoms with E-state index in [2.05, 4.69) is 4.99 Å². The number of thiophene rings is 1. The van der Waals surface area contributed by atoms with Gasteiger partial charge in [-0.1, -0.05) is 65.9 Å². The Bertz CT molecular complexity index is 1580. The largest absolute Gasteiger partial charge is 0.496 e. The molecule has 3 heterocycles. The summed E-state index contributed by atoms with van der Waals surface area (Å²) in [6.45, 7) is 1.93. The van der Waals surface area contributed by atoms with Crippen molar-refractivity contribution < 1.29 is 14.3 Å². The molecule has 0 N–H and O–H groups in total. The van der Waals surface area contributed by atoms with Crippen LogP contribution in [-0.2, 0) is 16.1 Å². The van der Waals surface area contributed by atoms with E-state index in [0.717, 1.165) is 16.0 Å². The summed E-state index contributed by atoms with van der Waals surface area (Å²) >= 11 is 2.79. The highest BCUT2D eigenvalue weighted by Crippen LogP contribution is 2.33. The maximum absolute atomic E-state index is 13.6. The Morgan fingerprint density at radius 3 is 2.60 bits per heavy atom. The van der Waals surface area contributed by atoms with Crippen molar-refractivity contribution in [2.24, 2.45) is 4.99 Å². The molecule has 0 saturated carbocycles. The van der Waals surface area contributed by atoms with Crippen molar-refractivity contribution in [3.05, 3.63) is 119 Å². The Morgan fingerprint density at radius 1 is 1.09 bits per heavy atom. The van der Waals surface area contributed by atoms with E-state index in [4.69, 9.17) is 9.47 Å². The van der Waals surface area contributed by atoms with Gasteiger partial charge in [0.25, 0.3) is 5.56 Å². The van der Waals surface area contributed by atoms with Crippen LogP contribution in [0.5, 0.6) is 5.75 Å². The first-order valence-electron chi connectivity index (χ1n) is 11.0. The zero-order valence-corrected chi connectivity index (χ0v) is 20.8. The van der Waals surface area contributed by atoms with E-state index in [1.165, 1.54) is 22.7 Å². The fourth-order valence-corrected chi connectivity index (χ4v) is 5.89. The van der Waals surface area contributed by atoms with E-state index >= 15 is 0 Å². The van der Waals surface area contributed by atoms with E-state index in [-0.39, 0.29) is 12.2 Å². The molecule has 0 fully saturated rings. The highest BCUT2D eigenvalue weighted by atomic mass is 32.1. The molecule has 2 aromatic carbocycles. The molecule has 0 saturated heterocycles. The third-order valence-corrected chi connectivity index (χ3v) is 7.60. The van der Waals surface area contributed by atoms with Crippen molar-refractivity contribution in [1.29, 1.82) is 0 Å². The minimum Gasteiger partial charge on any atom is -0.496 e. The molecule has 4 aromatic rings. The summed E-state index contributed by atoms with van der Waals surface area (Å²) in [6.07, 6.45) is 1.81. The summed E-state index contributed by atoms with van der Waals surface area (Å²) in [5, 5.41) is 1.93. The Balaban J connectivity index is 1.60. The lowest BCUT2D eigenvalue weighted by Gasteiger charge is -2.23. The zero-order valence-electron chi connectivity index (χ0n) is 19.1. The number of carbonyl (C=O) groups is 1. The molecule has 2 aromatic heterocycles. The average Bonchev–Trinajstić information content (AvgIpc) is 3.51. The lowest BCUT2D eigenvalue weighted by molar-refractivity contribution is -0.140. The fourth-order valence-electron chi connectivity index (χ4n) is 4.03. The minimum atomic E-state index is -0.602. The molecule has 0 spiro atoms. The third kappa shape index (κ3) is 4.50. The maximum atomic E-state index is 13.6. The van der Waals surface area contributed by atoms with Crippen LogP contribution in [0, 0.1) is 0 Å². The minimum absolute atomic E-state index is 0.145. The molecule has 5 rings (SSSR count). The van der Waals surface area contributed by atoms with E-state index < -0.39 is 12.0 Å². The SMILES string of the molecule is COc1ccccc1/C=c1\sc2n(c1=O)[C@H](c1cccs1)C(C(=O)OCc1ccccc1)=C(C)N=2. The van der Waals surface area contributed by atoms with Crippen LogP contribution in [0.1, 0.15) is 29.0 Å². The number of fused-ring (bicyclic) bond motifs is 1. The lowest BCUT2D eigenvalue weighted by Crippen LogP contribution is -2.39. The predicted molar refractivity (Wildman–Crippen MR) is 137 cm³/mol. The number of esters is 1. The van der Waals surface area contributed by atoms with Gasteiger partial charge in [-0.3, -0.25) is 9.36 Å². The van der Waals surface area contributed by atoms with Gasteiger partial charge in [-0.25, -0.2) is 9.79 Å². The molecule has 0 radical (unpaired) electrons. The zero-order chi connectivity index (χ0) is 24.4. The molecular weight excluding hydrogens is 480 g/mol. The average molecular weight is 503 g/mol. The number of aromatic nitrogens is 1. The van der Waals surface area contributed by atoms with E-state index in [1.54, 1.807) is 24.7 Å². The number of carbonyl (C=O) groups excluding carboxylic acids is 1. The number of para-hydroxylation sites is 1. The van der Waals surface area contributed by atoms with Crippen molar-refractivity contribution in [2.75, 3.05) is 7.11 Å². The van der Waals surface area contributed by atoms with Gasteiger partial charge >= 0.3 is 5.97 Å². The first-order valence-corrected chi connectivity index (χ1v) is 12.7. The summed E-state index contributed by atoms with van der Waals surface area (Å²) in [6, 6.07) is 20.3. The second-order valence-electron chi connectivity index (χ2n) is 7.90. The van der Waals surface area contributed by atoms with Crippen LogP contribution >= 0.6 is 22.7 Å². The van der Waals surface area contributed by atoms with Gasteiger partial charge < -0.3 is 9.47 Å². The van der Waals surface area contributed by atoms with Crippen molar-refractivity contribution >= 4 is 34.7 Å². The van der Waals surface area contributed by atoms with Crippen molar-refractivity contribution in [1.82, 2.24) is 4.57 Å². The number of hydrogen-bond acceptors (Lipinski definition) is 7. The Hall–Kier alpha value is -3.75. The Kier molecular flexibility index (Phi) is 6.48. The van der Waals surface area contributed by atoms with Crippen LogP contribution in [0.3, 0.4) is 0 Å². The smallest absolute Gasteiger partial charge is 0.338 e. The van der Waals surface area contributed by atoms with Crippen LogP contribution < -0.4 is 19.6 Å². The molecule has 35 heavy (non-hydrogen) atoms.